The summed E-state index contributed by atoms with van der Waals surface area (Å²) in [6.07, 6.45) is 1.65. The monoisotopic (exact) mass is 265 g/mol. The van der Waals surface area contributed by atoms with E-state index in [4.69, 9.17) is 4.74 Å². The molecule has 1 amide bonds. The van der Waals surface area contributed by atoms with Crippen molar-refractivity contribution >= 4 is 11.7 Å². The molecular weight excluding hydrogens is 242 g/mol. The number of ether oxygens (including phenoxy) is 1. The third kappa shape index (κ3) is 4.21. The molecule has 19 heavy (non-hydrogen) atoms. The van der Waals surface area contributed by atoms with Crippen LogP contribution in [0.25, 0.3) is 0 Å². The van der Waals surface area contributed by atoms with Crippen molar-refractivity contribution in [2.45, 2.75) is 26.8 Å². The molecule has 0 saturated carbocycles. The van der Waals surface area contributed by atoms with E-state index in [9.17, 15) is 4.79 Å². The molecule has 0 bridgehead atoms. The maximum Gasteiger partial charge on any atom is 0.254 e. The summed E-state index contributed by atoms with van der Waals surface area (Å²) in [6.45, 7) is 7.91. The summed E-state index contributed by atoms with van der Waals surface area (Å²) in [4.78, 5) is 18.4. The first-order chi connectivity index (χ1) is 9.13. The zero-order valence-electron chi connectivity index (χ0n) is 12.1. The van der Waals surface area contributed by atoms with E-state index in [0.717, 1.165) is 12.4 Å². The molecule has 0 radical (unpaired) electrons. The summed E-state index contributed by atoms with van der Waals surface area (Å²) in [7, 11) is 1.64. The smallest absolute Gasteiger partial charge is 0.254 e. The number of hydrogen-bond donors (Lipinski definition) is 1. The second-order valence-corrected chi connectivity index (χ2v) is 4.36. The lowest BCUT2D eigenvalue weighted by Gasteiger charge is -2.27. The average Bonchev–Trinajstić information content (AvgIpc) is 2.40. The lowest BCUT2D eigenvalue weighted by molar-refractivity contribution is 0.0579. The van der Waals surface area contributed by atoms with Crippen LogP contribution in [0.2, 0.25) is 0 Å². The van der Waals surface area contributed by atoms with Crippen LogP contribution in [-0.2, 0) is 4.74 Å². The Labute approximate surface area is 115 Å². The van der Waals surface area contributed by atoms with Crippen molar-refractivity contribution in [3.63, 3.8) is 0 Å². The zero-order chi connectivity index (χ0) is 14.3. The van der Waals surface area contributed by atoms with E-state index in [1.165, 1.54) is 0 Å². The van der Waals surface area contributed by atoms with Crippen LogP contribution in [0.4, 0.5) is 5.82 Å². The Kier molecular flexibility index (Phi) is 6.29. The summed E-state index contributed by atoms with van der Waals surface area (Å²) in [5.74, 6) is 0.734. The molecule has 1 unspecified atom stereocenters. The van der Waals surface area contributed by atoms with Crippen molar-refractivity contribution in [3.05, 3.63) is 23.9 Å². The van der Waals surface area contributed by atoms with Gasteiger partial charge in [0, 0.05) is 32.0 Å². The maximum atomic E-state index is 12.5. The number of nitrogens with zero attached hydrogens (tertiary/aromatic N) is 2. The molecule has 0 saturated heterocycles. The summed E-state index contributed by atoms with van der Waals surface area (Å²) in [5, 5.41) is 3.11. The maximum absolute atomic E-state index is 12.5. The van der Waals surface area contributed by atoms with Crippen LogP contribution in [-0.4, -0.2) is 48.6 Å². The van der Waals surface area contributed by atoms with Gasteiger partial charge in [-0.25, -0.2) is 4.98 Å². The molecule has 5 nitrogen and oxygen atoms in total. The third-order valence-corrected chi connectivity index (χ3v) is 2.91. The number of likely N-dealkylation sites (N-methyl/N-ethyl adjacent to an activating group) is 1. The molecule has 1 atom stereocenters. The van der Waals surface area contributed by atoms with Crippen molar-refractivity contribution in [3.8, 4) is 0 Å². The number of aromatic nitrogens is 1. The Morgan fingerprint density at radius 1 is 1.53 bits per heavy atom. The number of anilines is 1. The Bertz CT molecular complexity index is 409. The molecule has 1 aromatic heterocycles. The number of amides is 1. The minimum Gasteiger partial charge on any atom is -0.383 e. The van der Waals surface area contributed by atoms with E-state index in [-0.39, 0.29) is 11.9 Å². The van der Waals surface area contributed by atoms with Gasteiger partial charge >= 0.3 is 0 Å². The van der Waals surface area contributed by atoms with Gasteiger partial charge in [-0.2, -0.15) is 0 Å². The minimum absolute atomic E-state index is 0.00797. The second-order valence-electron chi connectivity index (χ2n) is 4.36. The number of carbonyl (C=O) groups excluding carboxylic acids is 1. The van der Waals surface area contributed by atoms with Gasteiger partial charge in [0.05, 0.1) is 12.6 Å². The van der Waals surface area contributed by atoms with E-state index >= 15 is 0 Å². The highest BCUT2D eigenvalue weighted by atomic mass is 16.5. The molecule has 0 fully saturated rings. The standard InChI is InChI=1S/C14H23N3O2/c1-5-15-13-9-12(7-8-16-13)14(18)17(6-2)11(3)10-19-4/h7-9,11H,5-6,10H2,1-4H3,(H,15,16). The first kappa shape index (κ1) is 15.4. The molecule has 106 valence electrons. The zero-order valence-corrected chi connectivity index (χ0v) is 12.1. The van der Waals surface area contributed by atoms with Crippen LogP contribution in [0.5, 0.6) is 0 Å². The van der Waals surface area contributed by atoms with Gasteiger partial charge in [-0.15, -0.1) is 0 Å². The second kappa shape index (κ2) is 7.74. The summed E-state index contributed by atoms with van der Waals surface area (Å²) >= 11 is 0. The molecule has 0 aliphatic rings. The van der Waals surface area contributed by atoms with Gasteiger partial charge in [-0.3, -0.25) is 4.79 Å². The number of nitrogens with one attached hydrogen (secondary N) is 1. The highest BCUT2D eigenvalue weighted by Gasteiger charge is 2.20. The van der Waals surface area contributed by atoms with Crippen LogP contribution < -0.4 is 5.32 Å². The van der Waals surface area contributed by atoms with Gasteiger partial charge < -0.3 is 15.0 Å². The number of methoxy groups -OCH3 is 1. The first-order valence-corrected chi connectivity index (χ1v) is 6.63. The topological polar surface area (TPSA) is 54.5 Å². The van der Waals surface area contributed by atoms with Crippen LogP contribution in [0.3, 0.4) is 0 Å². The summed E-state index contributed by atoms with van der Waals surface area (Å²) in [5.41, 5.74) is 0.649. The van der Waals surface area contributed by atoms with E-state index in [1.807, 2.05) is 20.8 Å². The highest BCUT2D eigenvalue weighted by Crippen LogP contribution is 2.12. The van der Waals surface area contributed by atoms with Crippen molar-refractivity contribution in [1.29, 1.82) is 0 Å². The number of pyridine rings is 1. The van der Waals surface area contributed by atoms with Crippen LogP contribution in [0.15, 0.2) is 18.3 Å². The molecular formula is C14H23N3O2. The number of hydrogen-bond acceptors (Lipinski definition) is 4. The number of rotatable bonds is 7. The predicted octanol–water partition coefficient (Wildman–Crippen LogP) is 2.01. The fourth-order valence-corrected chi connectivity index (χ4v) is 1.99. The minimum atomic E-state index is 0.00797. The van der Waals surface area contributed by atoms with E-state index in [0.29, 0.717) is 18.7 Å². The molecule has 1 rings (SSSR count). The molecule has 0 spiro atoms. The lowest BCUT2D eigenvalue weighted by Crippen LogP contribution is -2.40. The van der Waals surface area contributed by atoms with E-state index in [2.05, 4.69) is 10.3 Å². The summed E-state index contributed by atoms with van der Waals surface area (Å²) < 4.78 is 5.12. The van der Waals surface area contributed by atoms with Crippen LogP contribution >= 0.6 is 0 Å². The molecule has 5 heteroatoms. The molecule has 1 N–H and O–H groups in total. The fraction of sp³-hybridized carbons (Fsp3) is 0.571. The largest absolute Gasteiger partial charge is 0.383 e. The van der Waals surface area contributed by atoms with Gasteiger partial charge in [0.1, 0.15) is 5.82 Å². The van der Waals surface area contributed by atoms with E-state index in [1.54, 1.807) is 30.3 Å². The number of carbonyl (C=O) groups is 1. The Hall–Kier alpha value is -1.62. The molecule has 0 aromatic carbocycles. The normalized spacial score (nSPS) is 12.0. The lowest BCUT2D eigenvalue weighted by atomic mass is 10.2. The van der Waals surface area contributed by atoms with Gasteiger partial charge in [0.25, 0.3) is 5.91 Å². The Morgan fingerprint density at radius 2 is 2.26 bits per heavy atom. The van der Waals surface area contributed by atoms with Crippen LogP contribution in [0, 0.1) is 0 Å². The van der Waals surface area contributed by atoms with Crippen molar-refractivity contribution in [2.75, 3.05) is 32.1 Å². The molecule has 0 aliphatic carbocycles. The van der Waals surface area contributed by atoms with E-state index < -0.39 is 0 Å². The Balaban J connectivity index is 2.87. The van der Waals surface area contributed by atoms with Crippen molar-refractivity contribution in [1.82, 2.24) is 9.88 Å². The quantitative estimate of drug-likeness (QED) is 0.819. The fourth-order valence-electron chi connectivity index (χ4n) is 1.99. The molecule has 1 aromatic rings. The van der Waals surface area contributed by atoms with Crippen molar-refractivity contribution < 1.29 is 9.53 Å². The Morgan fingerprint density at radius 3 is 2.84 bits per heavy atom. The van der Waals surface area contributed by atoms with Crippen molar-refractivity contribution in [2.24, 2.45) is 0 Å². The van der Waals surface area contributed by atoms with Crippen LogP contribution in [0.1, 0.15) is 31.1 Å². The third-order valence-electron chi connectivity index (χ3n) is 2.91. The van der Waals surface area contributed by atoms with Gasteiger partial charge in [-0.1, -0.05) is 0 Å². The van der Waals surface area contributed by atoms with Gasteiger partial charge in [0.15, 0.2) is 0 Å². The first-order valence-electron chi connectivity index (χ1n) is 6.63. The van der Waals surface area contributed by atoms with Gasteiger partial charge in [0.2, 0.25) is 0 Å². The van der Waals surface area contributed by atoms with Gasteiger partial charge in [-0.05, 0) is 32.9 Å². The molecule has 0 aliphatic heterocycles. The predicted molar refractivity (Wildman–Crippen MR) is 76.4 cm³/mol. The summed E-state index contributed by atoms with van der Waals surface area (Å²) in [6, 6.07) is 3.58. The average molecular weight is 265 g/mol. The highest BCUT2D eigenvalue weighted by molar-refractivity contribution is 5.95. The molecule has 1 heterocycles. The SMILES string of the molecule is CCNc1cc(C(=O)N(CC)C(C)COC)ccn1.